The van der Waals surface area contributed by atoms with Crippen molar-refractivity contribution in [1.29, 1.82) is 10.5 Å². The molecule has 0 spiro atoms. The molecule has 1 amide bonds. The molecule has 114 valence electrons. The summed E-state index contributed by atoms with van der Waals surface area (Å²) in [5.74, 6) is 0.277. The second-order valence-electron chi connectivity index (χ2n) is 4.86. The second-order valence-corrected chi connectivity index (χ2v) is 4.86. The minimum Gasteiger partial charge on any atom is -0.307 e. The summed E-state index contributed by atoms with van der Waals surface area (Å²) in [6.07, 6.45) is 3.41. The number of amides is 1. The first kappa shape index (κ1) is 16.0. The Morgan fingerprint density at radius 1 is 1.35 bits per heavy atom. The number of nitriles is 2. The van der Waals surface area contributed by atoms with Gasteiger partial charge in [0.1, 0.15) is 5.82 Å². The standard InChI is InChI=1S/C17H15N5O/c1-13-11-16(22(21-13)10-2-9-18)20-17(23)8-7-14-3-5-15(12-19)6-4-14/h3-8,11H,2,10H2,1H3,(H,20,23). The van der Waals surface area contributed by atoms with Gasteiger partial charge >= 0.3 is 0 Å². The van der Waals surface area contributed by atoms with Gasteiger partial charge in [-0.2, -0.15) is 15.6 Å². The lowest BCUT2D eigenvalue weighted by Gasteiger charge is -2.05. The maximum atomic E-state index is 12.0. The Balaban J connectivity index is 2.03. The Morgan fingerprint density at radius 2 is 2.09 bits per heavy atom. The van der Waals surface area contributed by atoms with Crippen LogP contribution in [0.2, 0.25) is 0 Å². The van der Waals surface area contributed by atoms with Gasteiger partial charge in [-0.3, -0.25) is 4.79 Å². The SMILES string of the molecule is Cc1cc(NC(=O)C=Cc2ccc(C#N)cc2)n(CCC#N)n1. The number of benzene rings is 1. The van der Waals surface area contributed by atoms with Gasteiger partial charge in [0.25, 0.3) is 0 Å². The van der Waals surface area contributed by atoms with Crippen LogP contribution in [0.1, 0.15) is 23.2 Å². The van der Waals surface area contributed by atoms with Crippen LogP contribution in [0.4, 0.5) is 5.82 Å². The average Bonchev–Trinajstić information content (AvgIpc) is 2.90. The van der Waals surface area contributed by atoms with Crippen molar-refractivity contribution >= 4 is 17.8 Å². The van der Waals surface area contributed by atoms with E-state index in [-0.39, 0.29) is 5.91 Å². The molecule has 0 atom stereocenters. The minimum absolute atomic E-state index is 0.285. The zero-order chi connectivity index (χ0) is 16.7. The van der Waals surface area contributed by atoms with E-state index in [2.05, 4.69) is 16.5 Å². The lowest BCUT2D eigenvalue weighted by molar-refractivity contribution is -0.111. The van der Waals surface area contributed by atoms with Crippen LogP contribution in [0.3, 0.4) is 0 Å². The van der Waals surface area contributed by atoms with E-state index >= 15 is 0 Å². The molecule has 1 aromatic carbocycles. The third-order valence-corrected chi connectivity index (χ3v) is 3.06. The van der Waals surface area contributed by atoms with Crippen LogP contribution in [0.25, 0.3) is 6.08 Å². The lowest BCUT2D eigenvalue weighted by atomic mass is 10.1. The highest BCUT2D eigenvalue weighted by Gasteiger charge is 2.07. The van der Waals surface area contributed by atoms with E-state index in [4.69, 9.17) is 10.5 Å². The Labute approximate surface area is 134 Å². The van der Waals surface area contributed by atoms with E-state index < -0.39 is 0 Å². The summed E-state index contributed by atoms with van der Waals surface area (Å²) in [4.78, 5) is 12.0. The molecule has 2 aromatic rings. The van der Waals surface area contributed by atoms with E-state index in [0.717, 1.165) is 11.3 Å². The van der Waals surface area contributed by atoms with Gasteiger partial charge in [-0.1, -0.05) is 12.1 Å². The van der Waals surface area contributed by atoms with Gasteiger partial charge in [-0.05, 0) is 30.7 Å². The molecule has 0 bridgehead atoms. The summed E-state index contributed by atoms with van der Waals surface area (Å²) in [5.41, 5.74) is 2.17. The van der Waals surface area contributed by atoms with Gasteiger partial charge in [-0.15, -0.1) is 0 Å². The molecule has 0 aliphatic carbocycles. The highest BCUT2D eigenvalue weighted by atomic mass is 16.1. The van der Waals surface area contributed by atoms with Crippen LogP contribution < -0.4 is 5.32 Å². The normalized spacial score (nSPS) is 10.2. The Hall–Kier alpha value is -3.38. The number of carbonyl (C=O) groups excluding carboxylic acids is 1. The number of carbonyl (C=O) groups is 1. The lowest BCUT2D eigenvalue weighted by Crippen LogP contribution is -2.13. The molecular formula is C17H15N5O. The van der Waals surface area contributed by atoms with Gasteiger partial charge in [0, 0.05) is 12.1 Å². The molecule has 2 rings (SSSR count). The van der Waals surface area contributed by atoms with Crippen molar-refractivity contribution in [1.82, 2.24) is 9.78 Å². The van der Waals surface area contributed by atoms with Gasteiger partial charge in [0.2, 0.25) is 5.91 Å². The number of anilines is 1. The molecule has 0 aliphatic heterocycles. The predicted molar refractivity (Wildman–Crippen MR) is 86.0 cm³/mol. The first-order valence-corrected chi connectivity index (χ1v) is 7.03. The zero-order valence-electron chi connectivity index (χ0n) is 12.7. The van der Waals surface area contributed by atoms with Crippen molar-refractivity contribution in [3.8, 4) is 12.1 Å². The largest absolute Gasteiger partial charge is 0.307 e. The quantitative estimate of drug-likeness (QED) is 0.859. The molecule has 0 saturated heterocycles. The molecule has 23 heavy (non-hydrogen) atoms. The van der Waals surface area contributed by atoms with Crippen LogP contribution in [0.15, 0.2) is 36.4 Å². The molecule has 1 aromatic heterocycles. The number of hydrogen-bond acceptors (Lipinski definition) is 4. The van der Waals surface area contributed by atoms with Crippen molar-refractivity contribution in [2.45, 2.75) is 19.9 Å². The number of rotatable bonds is 5. The summed E-state index contributed by atoms with van der Waals surface area (Å²) in [6.45, 7) is 2.25. The van der Waals surface area contributed by atoms with E-state index in [1.807, 2.05) is 13.0 Å². The fourth-order valence-corrected chi connectivity index (χ4v) is 1.98. The number of aromatic nitrogens is 2. The monoisotopic (exact) mass is 305 g/mol. The summed E-state index contributed by atoms with van der Waals surface area (Å²) < 4.78 is 1.60. The van der Waals surface area contributed by atoms with E-state index in [1.54, 1.807) is 41.1 Å². The molecule has 0 unspecified atom stereocenters. The van der Waals surface area contributed by atoms with E-state index in [0.29, 0.717) is 24.3 Å². The fraction of sp³-hybridized carbons (Fsp3) is 0.176. The van der Waals surface area contributed by atoms with Crippen LogP contribution >= 0.6 is 0 Å². The van der Waals surface area contributed by atoms with Crippen molar-refractivity contribution in [2.24, 2.45) is 0 Å². The molecule has 1 heterocycles. The maximum absolute atomic E-state index is 12.0. The van der Waals surface area contributed by atoms with Crippen LogP contribution in [0.5, 0.6) is 0 Å². The fourth-order valence-electron chi connectivity index (χ4n) is 1.98. The molecule has 6 nitrogen and oxygen atoms in total. The molecule has 0 aliphatic rings. The average molecular weight is 305 g/mol. The van der Waals surface area contributed by atoms with Crippen LogP contribution in [-0.2, 0) is 11.3 Å². The summed E-state index contributed by atoms with van der Waals surface area (Å²) in [6, 6.07) is 12.8. The van der Waals surface area contributed by atoms with Gasteiger partial charge in [0.05, 0.1) is 36.4 Å². The highest BCUT2D eigenvalue weighted by molar-refractivity contribution is 6.01. The Morgan fingerprint density at radius 3 is 2.74 bits per heavy atom. The van der Waals surface area contributed by atoms with Gasteiger partial charge in [-0.25, -0.2) is 4.68 Å². The van der Waals surface area contributed by atoms with Gasteiger partial charge < -0.3 is 5.32 Å². The molecule has 1 N–H and O–H groups in total. The second kappa shape index (κ2) is 7.58. The van der Waals surface area contributed by atoms with E-state index in [1.165, 1.54) is 6.08 Å². The summed E-state index contributed by atoms with van der Waals surface area (Å²) in [7, 11) is 0. The van der Waals surface area contributed by atoms with Crippen molar-refractivity contribution in [2.75, 3.05) is 5.32 Å². The van der Waals surface area contributed by atoms with E-state index in [9.17, 15) is 4.79 Å². The molecule has 0 fully saturated rings. The third-order valence-electron chi connectivity index (χ3n) is 3.06. The Bertz CT molecular complexity index is 803. The van der Waals surface area contributed by atoms with Crippen LogP contribution in [-0.4, -0.2) is 15.7 Å². The number of nitrogens with one attached hydrogen (secondary N) is 1. The minimum atomic E-state index is -0.285. The number of nitrogens with zero attached hydrogens (tertiary/aromatic N) is 4. The predicted octanol–water partition coefficient (Wildman–Crippen LogP) is 2.63. The third kappa shape index (κ3) is 4.55. The Kier molecular flexibility index (Phi) is 5.27. The van der Waals surface area contributed by atoms with Crippen molar-refractivity contribution in [3.63, 3.8) is 0 Å². The topological polar surface area (TPSA) is 94.5 Å². The number of aryl methyl sites for hydroxylation is 2. The highest BCUT2D eigenvalue weighted by Crippen LogP contribution is 2.11. The maximum Gasteiger partial charge on any atom is 0.249 e. The molecule has 6 heteroatoms. The first-order valence-electron chi connectivity index (χ1n) is 7.03. The zero-order valence-corrected chi connectivity index (χ0v) is 12.7. The van der Waals surface area contributed by atoms with Gasteiger partial charge in [0.15, 0.2) is 0 Å². The number of hydrogen-bond donors (Lipinski definition) is 1. The summed E-state index contributed by atoms with van der Waals surface area (Å²) >= 11 is 0. The smallest absolute Gasteiger partial charge is 0.249 e. The van der Waals surface area contributed by atoms with Crippen LogP contribution in [0, 0.1) is 29.6 Å². The molecular weight excluding hydrogens is 290 g/mol. The molecule has 0 saturated carbocycles. The molecule has 0 radical (unpaired) electrons. The first-order chi connectivity index (χ1) is 11.1. The van der Waals surface area contributed by atoms with Crippen molar-refractivity contribution < 1.29 is 4.79 Å². The summed E-state index contributed by atoms with van der Waals surface area (Å²) in [5, 5.41) is 24.4. The van der Waals surface area contributed by atoms with Crippen molar-refractivity contribution in [3.05, 3.63) is 53.2 Å².